The first-order valence-electron chi connectivity index (χ1n) is 11.2. The molecule has 0 bridgehead atoms. The summed E-state index contributed by atoms with van der Waals surface area (Å²) in [6.45, 7) is 3.32. The van der Waals surface area contributed by atoms with Crippen molar-refractivity contribution in [2.45, 2.75) is 26.4 Å². The molecular formula is C26H22ClN7. The quantitative estimate of drug-likeness (QED) is 0.353. The van der Waals surface area contributed by atoms with Crippen molar-refractivity contribution in [2.24, 2.45) is 0 Å². The fourth-order valence-corrected chi connectivity index (χ4v) is 4.53. The Hall–Kier alpha value is -3.97. The topological polar surface area (TPSA) is 72.9 Å². The Morgan fingerprint density at radius 1 is 0.853 bits per heavy atom. The summed E-state index contributed by atoms with van der Waals surface area (Å²) in [5.41, 5.74) is 4.78. The molecule has 7 nitrogen and oxygen atoms in total. The summed E-state index contributed by atoms with van der Waals surface area (Å²) >= 11 is 6.35. The fourth-order valence-electron chi connectivity index (χ4n) is 4.32. The van der Waals surface area contributed by atoms with E-state index in [0.717, 1.165) is 51.3 Å². The highest BCUT2D eigenvalue weighted by Crippen LogP contribution is 2.23. The number of aromatic nitrogens is 6. The van der Waals surface area contributed by atoms with E-state index < -0.39 is 0 Å². The first kappa shape index (κ1) is 20.6. The number of nitrogens with zero attached hydrogens (tertiary/aromatic N) is 6. The van der Waals surface area contributed by atoms with E-state index in [1.165, 1.54) is 0 Å². The standard InChI is InChI=1S/C26H22ClN7/c1-17-29-22-12-6-7-13-23(22)33(17)15-14-24-31-25-19-9-3-5-11-21(19)30-26(34(25)32-24)28-16-18-8-2-4-10-20(18)27/h2-13H,14-16H2,1H3,(H,28,30). The Morgan fingerprint density at radius 2 is 1.62 bits per heavy atom. The normalized spacial score (nSPS) is 11.6. The Bertz CT molecular complexity index is 1650. The zero-order valence-corrected chi connectivity index (χ0v) is 19.4. The SMILES string of the molecule is Cc1nc2ccccc2n1CCc1nc2c3ccccc3nc(NCc3ccccc3Cl)n2n1. The molecule has 3 aromatic carbocycles. The minimum Gasteiger partial charge on any atom is -0.350 e. The average molecular weight is 468 g/mol. The number of hydrogen-bond acceptors (Lipinski definition) is 5. The molecule has 0 spiro atoms. The Labute approximate surface area is 201 Å². The lowest BCUT2D eigenvalue weighted by molar-refractivity contribution is 0.667. The van der Waals surface area contributed by atoms with E-state index in [2.05, 4.69) is 20.9 Å². The van der Waals surface area contributed by atoms with E-state index in [0.29, 0.717) is 23.9 Å². The molecule has 3 heterocycles. The van der Waals surface area contributed by atoms with Crippen molar-refractivity contribution in [1.29, 1.82) is 0 Å². The van der Waals surface area contributed by atoms with Crippen LogP contribution in [0.15, 0.2) is 72.8 Å². The number of para-hydroxylation sites is 3. The fraction of sp³-hybridized carbons (Fsp3) is 0.154. The van der Waals surface area contributed by atoms with Crippen molar-refractivity contribution in [3.05, 3.63) is 95.0 Å². The van der Waals surface area contributed by atoms with Crippen molar-refractivity contribution in [3.8, 4) is 0 Å². The summed E-state index contributed by atoms with van der Waals surface area (Å²) in [7, 11) is 0. The third kappa shape index (κ3) is 3.64. The smallest absolute Gasteiger partial charge is 0.226 e. The van der Waals surface area contributed by atoms with Gasteiger partial charge in [-0.05, 0) is 42.8 Å². The maximum Gasteiger partial charge on any atom is 0.226 e. The molecule has 0 unspecified atom stereocenters. The molecule has 0 aliphatic heterocycles. The van der Waals surface area contributed by atoms with E-state index in [4.69, 9.17) is 26.7 Å². The third-order valence-corrected chi connectivity index (χ3v) is 6.39. The van der Waals surface area contributed by atoms with Gasteiger partial charge < -0.3 is 9.88 Å². The number of halogens is 1. The second-order valence-electron chi connectivity index (χ2n) is 8.21. The van der Waals surface area contributed by atoms with Crippen molar-refractivity contribution >= 4 is 45.1 Å². The molecule has 168 valence electrons. The molecule has 1 N–H and O–H groups in total. The van der Waals surface area contributed by atoms with Crippen LogP contribution in [0.1, 0.15) is 17.2 Å². The summed E-state index contributed by atoms with van der Waals surface area (Å²) in [6, 6.07) is 24.0. The van der Waals surface area contributed by atoms with Gasteiger partial charge in [0.2, 0.25) is 5.95 Å². The molecule has 0 aliphatic rings. The molecule has 0 radical (unpaired) electrons. The highest BCUT2D eigenvalue weighted by atomic mass is 35.5. The van der Waals surface area contributed by atoms with Gasteiger partial charge in [0, 0.05) is 29.9 Å². The molecule has 6 aromatic rings. The number of anilines is 1. The minimum absolute atomic E-state index is 0.537. The monoisotopic (exact) mass is 467 g/mol. The van der Waals surface area contributed by atoms with E-state index in [1.807, 2.05) is 73.7 Å². The summed E-state index contributed by atoms with van der Waals surface area (Å²) in [5.74, 6) is 2.38. The van der Waals surface area contributed by atoms with Crippen LogP contribution in [0, 0.1) is 6.92 Å². The number of fused-ring (bicyclic) bond motifs is 4. The van der Waals surface area contributed by atoms with Gasteiger partial charge in [-0.15, -0.1) is 5.10 Å². The molecule has 8 heteroatoms. The van der Waals surface area contributed by atoms with Gasteiger partial charge in [-0.2, -0.15) is 4.52 Å². The van der Waals surface area contributed by atoms with Crippen LogP contribution in [0.3, 0.4) is 0 Å². The molecule has 0 aliphatic carbocycles. The van der Waals surface area contributed by atoms with Crippen molar-refractivity contribution in [3.63, 3.8) is 0 Å². The highest BCUT2D eigenvalue weighted by molar-refractivity contribution is 6.31. The Kier molecular flexibility index (Phi) is 5.11. The minimum atomic E-state index is 0.537. The molecule has 0 atom stereocenters. The predicted molar refractivity (Wildman–Crippen MR) is 135 cm³/mol. The lowest BCUT2D eigenvalue weighted by Crippen LogP contribution is -2.09. The van der Waals surface area contributed by atoms with Gasteiger partial charge in [-0.3, -0.25) is 0 Å². The van der Waals surface area contributed by atoms with E-state index >= 15 is 0 Å². The van der Waals surface area contributed by atoms with Crippen LogP contribution < -0.4 is 5.32 Å². The van der Waals surface area contributed by atoms with Gasteiger partial charge in [0.05, 0.1) is 16.6 Å². The van der Waals surface area contributed by atoms with Gasteiger partial charge in [0.1, 0.15) is 5.82 Å². The number of imidazole rings is 1. The molecule has 34 heavy (non-hydrogen) atoms. The molecule has 0 amide bonds. The van der Waals surface area contributed by atoms with Crippen LogP contribution in [-0.4, -0.2) is 29.1 Å². The van der Waals surface area contributed by atoms with Crippen LogP contribution in [0.5, 0.6) is 0 Å². The van der Waals surface area contributed by atoms with Gasteiger partial charge >= 0.3 is 0 Å². The van der Waals surface area contributed by atoms with Crippen LogP contribution in [0.4, 0.5) is 5.95 Å². The molecule has 3 aromatic heterocycles. The second kappa shape index (κ2) is 8.43. The predicted octanol–water partition coefficient (Wildman–Crippen LogP) is 5.44. The first-order valence-corrected chi connectivity index (χ1v) is 11.6. The first-order chi connectivity index (χ1) is 16.7. The van der Waals surface area contributed by atoms with Gasteiger partial charge in [-0.1, -0.05) is 54.1 Å². The van der Waals surface area contributed by atoms with E-state index in [-0.39, 0.29) is 0 Å². The van der Waals surface area contributed by atoms with Crippen LogP contribution in [0.2, 0.25) is 5.02 Å². The summed E-state index contributed by atoms with van der Waals surface area (Å²) in [5, 5.41) is 9.91. The zero-order chi connectivity index (χ0) is 23.1. The Balaban J connectivity index is 1.36. The maximum atomic E-state index is 6.35. The van der Waals surface area contributed by atoms with Gasteiger partial charge in [0.15, 0.2) is 11.5 Å². The second-order valence-corrected chi connectivity index (χ2v) is 8.62. The van der Waals surface area contributed by atoms with Gasteiger partial charge in [-0.25, -0.2) is 15.0 Å². The lowest BCUT2D eigenvalue weighted by Gasteiger charge is -2.10. The number of nitrogens with one attached hydrogen (secondary N) is 1. The lowest BCUT2D eigenvalue weighted by atomic mass is 10.2. The zero-order valence-electron chi connectivity index (χ0n) is 18.6. The van der Waals surface area contributed by atoms with Crippen LogP contribution in [0.25, 0.3) is 27.6 Å². The number of hydrogen-bond donors (Lipinski definition) is 1. The van der Waals surface area contributed by atoms with Crippen molar-refractivity contribution < 1.29 is 0 Å². The molecular weight excluding hydrogens is 446 g/mol. The number of benzene rings is 3. The molecule has 0 fully saturated rings. The third-order valence-electron chi connectivity index (χ3n) is 6.02. The summed E-state index contributed by atoms with van der Waals surface area (Å²) in [4.78, 5) is 14.4. The molecule has 0 saturated carbocycles. The van der Waals surface area contributed by atoms with Crippen molar-refractivity contribution in [2.75, 3.05) is 5.32 Å². The van der Waals surface area contributed by atoms with Crippen LogP contribution in [-0.2, 0) is 19.5 Å². The van der Waals surface area contributed by atoms with Crippen molar-refractivity contribution in [1.82, 2.24) is 29.1 Å². The molecule has 0 saturated heterocycles. The number of rotatable bonds is 6. The van der Waals surface area contributed by atoms with Crippen LogP contribution >= 0.6 is 11.6 Å². The maximum absolute atomic E-state index is 6.35. The van der Waals surface area contributed by atoms with E-state index in [1.54, 1.807) is 4.52 Å². The number of aryl methyl sites for hydroxylation is 3. The summed E-state index contributed by atoms with van der Waals surface area (Å²) in [6.07, 6.45) is 0.682. The largest absolute Gasteiger partial charge is 0.350 e. The molecule has 6 rings (SSSR count). The Morgan fingerprint density at radius 3 is 2.50 bits per heavy atom. The van der Waals surface area contributed by atoms with E-state index in [9.17, 15) is 0 Å². The summed E-state index contributed by atoms with van der Waals surface area (Å²) < 4.78 is 4.02. The highest BCUT2D eigenvalue weighted by Gasteiger charge is 2.15. The average Bonchev–Trinajstić information content (AvgIpc) is 3.42. The van der Waals surface area contributed by atoms with Gasteiger partial charge in [0.25, 0.3) is 0 Å².